The van der Waals surface area contributed by atoms with Crippen molar-refractivity contribution in [3.05, 3.63) is 35.4 Å². The third kappa shape index (κ3) is 2.22. The van der Waals surface area contributed by atoms with Gasteiger partial charge in [-0.1, -0.05) is 12.1 Å². The van der Waals surface area contributed by atoms with E-state index in [1.807, 2.05) is 29.2 Å². The summed E-state index contributed by atoms with van der Waals surface area (Å²) in [6, 6.07) is 9.46. The molecular formula is C13H14N2O. The number of carbonyl (C=O) groups excluding carboxylic acids is 1. The predicted octanol–water partition coefficient (Wildman–Crippen LogP) is 1.99. The monoisotopic (exact) mass is 214 g/mol. The van der Waals surface area contributed by atoms with Crippen molar-refractivity contribution in [1.82, 2.24) is 4.90 Å². The Balaban J connectivity index is 2.16. The molecule has 0 spiro atoms. The molecule has 3 nitrogen and oxygen atoms in total. The van der Waals surface area contributed by atoms with Gasteiger partial charge in [0.15, 0.2) is 0 Å². The molecule has 2 rings (SSSR count). The van der Waals surface area contributed by atoms with Crippen LogP contribution in [0.25, 0.3) is 0 Å². The fraction of sp³-hybridized carbons (Fsp3) is 0.385. The number of carbonyl (C=O) groups is 1. The van der Waals surface area contributed by atoms with E-state index in [-0.39, 0.29) is 5.91 Å². The van der Waals surface area contributed by atoms with E-state index in [4.69, 9.17) is 5.26 Å². The minimum absolute atomic E-state index is 0.0947. The topological polar surface area (TPSA) is 44.1 Å². The van der Waals surface area contributed by atoms with Crippen LogP contribution in [-0.2, 0) is 6.42 Å². The van der Waals surface area contributed by atoms with Gasteiger partial charge in [-0.3, -0.25) is 4.79 Å². The minimum Gasteiger partial charge on any atom is -0.339 e. The Labute approximate surface area is 95.3 Å². The SMILES string of the molecule is N#CCc1cccc(C(=O)N2CCCC2)c1. The van der Waals surface area contributed by atoms with Crippen molar-refractivity contribution in [3.63, 3.8) is 0 Å². The van der Waals surface area contributed by atoms with E-state index in [9.17, 15) is 4.79 Å². The average molecular weight is 214 g/mol. The molecule has 1 saturated heterocycles. The summed E-state index contributed by atoms with van der Waals surface area (Å²) in [7, 11) is 0. The molecule has 0 aliphatic carbocycles. The smallest absolute Gasteiger partial charge is 0.253 e. The Bertz CT molecular complexity index is 428. The Kier molecular flexibility index (Phi) is 3.21. The number of hydrogen-bond acceptors (Lipinski definition) is 2. The summed E-state index contributed by atoms with van der Waals surface area (Å²) in [4.78, 5) is 13.9. The first-order valence-electron chi connectivity index (χ1n) is 5.56. The number of amides is 1. The van der Waals surface area contributed by atoms with Gasteiger partial charge in [-0.2, -0.15) is 5.26 Å². The molecule has 1 aliphatic heterocycles. The van der Waals surface area contributed by atoms with Crippen molar-refractivity contribution in [3.8, 4) is 6.07 Å². The molecule has 1 fully saturated rings. The van der Waals surface area contributed by atoms with Crippen LogP contribution >= 0.6 is 0 Å². The zero-order valence-corrected chi connectivity index (χ0v) is 9.15. The van der Waals surface area contributed by atoms with Crippen LogP contribution in [0.5, 0.6) is 0 Å². The number of likely N-dealkylation sites (tertiary alicyclic amines) is 1. The van der Waals surface area contributed by atoms with Gasteiger partial charge in [-0.05, 0) is 30.5 Å². The fourth-order valence-electron chi connectivity index (χ4n) is 2.01. The summed E-state index contributed by atoms with van der Waals surface area (Å²) < 4.78 is 0. The van der Waals surface area contributed by atoms with Crippen molar-refractivity contribution < 1.29 is 4.79 Å². The Morgan fingerprint density at radius 2 is 2.12 bits per heavy atom. The second-order valence-corrected chi connectivity index (χ2v) is 4.03. The number of benzene rings is 1. The summed E-state index contributed by atoms with van der Waals surface area (Å²) in [5.74, 6) is 0.0947. The van der Waals surface area contributed by atoms with Gasteiger partial charge in [0, 0.05) is 18.7 Å². The van der Waals surface area contributed by atoms with E-state index in [1.54, 1.807) is 0 Å². The highest BCUT2D eigenvalue weighted by Gasteiger charge is 2.19. The lowest BCUT2D eigenvalue weighted by molar-refractivity contribution is 0.0792. The summed E-state index contributed by atoms with van der Waals surface area (Å²) in [6.45, 7) is 1.72. The Hall–Kier alpha value is -1.82. The standard InChI is InChI=1S/C13H14N2O/c14-7-6-11-4-3-5-12(10-11)13(16)15-8-1-2-9-15/h3-5,10H,1-2,6,8-9H2. The van der Waals surface area contributed by atoms with Crippen LogP contribution in [0.1, 0.15) is 28.8 Å². The second-order valence-electron chi connectivity index (χ2n) is 4.03. The second kappa shape index (κ2) is 4.80. The van der Waals surface area contributed by atoms with Gasteiger partial charge in [0.1, 0.15) is 0 Å². The molecule has 16 heavy (non-hydrogen) atoms. The van der Waals surface area contributed by atoms with Crippen LogP contribution in [0.3, 0.4) is 0 Å². The number of nitrogens with zero attached hydrogens (tertiary/aromatic N) is 2. The Morgan fingerprint density at radius 1 is 1.38 bits per heavy atom. The van der Waals surface area contributed by atoms with Gasteiger partial charge in [0.2, 0.25) is 0 Å². The molecule has 1 aliphatic rings. The van der Waals surface area contributed by atoms with Crippen LogP contribution in [0.4, 0.5) is 0 Å². The molecule has 1 aromatic carbocycles. The molecule has 1 aromatic rings. The lowest BCUT2D eigenvalue weighted by Gasteiger charge is -2.15. The van der Waals surface area contributed by atoms with Gasteiger partial charge in [0.25, 0.3) is 5.91 Å². The molecule has 3 heteroatoms. The highest BCUT2D eigenvalue weighted by atomic mass is 16.2. The van der Waals surface area contributed by atoms with Crippen LogP contribution in [0, 0.1) is 11.3 Å². The van der Waals surface area contributed by atoms with Crippen molar-refractivity contribution in [2.75, 3.05) is 13.1 Å². The molecule has 0 aromatic heterocycles. The van der Waals surface area contributed by atoms with Crippen LogP contribution in [0.15, 0.2) is 24.3 Å². The van der Waals surface area contributed by atoms with Crippen LogP contribution in [0.2, 0.25) is 0 Å². The summed E-state index contributed by atoms with van der Waals surface area (Å²) in [5.41, 5.74) is 1.61. The minimum atomic E-state index is 0.0947. The zero-order valence-electron chi connectivity index (χ0n) is 9.15. The van der Waals surface area contributed by atoms with Crippen molar-refractivity contribution in [2.45, 2.75) is 19.3 Å². The van der Waals surface area contributed by atoms with Crippen molar-refractivity contribution in [1.29, 1.82) is 5.26 Å². The van der Waals surface area contributed by atoms with E-state index in [2.05, 4.69) is 6.07 Å². The molecule has 0 saturated carbocycles. The van der Waals surface area contributed by atoms with Gasteiger partial charge < -0.3 is 4.90 Å². The fourth-order valence-corrected chi connectivity index (χ4v) is 2.01. The molecule has 1 amide bonds. The normalized spacial score (nSPS) is 14.8. The molecule has 1 heterocycles. The van der Waals surface area contributed by atoms with Gasteiger partial charge in [-0.15, -0.1) is 0 Å². The number of rotatable bonds is 2. The van der Waals surface area contributed by atoms with E-state index < -0.39 is 0 Å². The predicted molar refractivity (Wildman–Crippen MR) is 60.9 cm³/mol. The summed E-state index contributed by atoms with van der Waals surface area (Å²) in [5, 5.41) is 8.62. The molecule has 0 unspecified atom stereocenters. The third-order valence-electron chi connectivity index (χ3n) is 2.85. The zero-order chi connectivity index (χ0) is 11.4. The van der Waals surface area contributed by atoms with Gasteiger partial charge in [-0.25, -0.2) is 0 Å². The molecule has 0 N–H and O–H groups in total. The largest absolute Gasteiger partial charge is 0.339 e. The molecule has 0 bridgehead atoms. The van der Waals surface area contributed by atoms with Crippen LogP contribution < -0.4 is 0 Å². The van der Waals surface area contributed by atoms with E-state index in [1.165, 1.54) is 0 Å². The first-order chi connectivity index (χ1) is 7.81. The number of hydrogen-bond donors (Lipinski definition) is 0. The highest BCUT2D eigenvalue weighted by molar-refractivity contribution is 5.94. The Morgan fingerprint density at radius 3 is 2.81 bits per heavy atom. The van der Waals surface area contributed by atoms with E-state index >= 15 is 0 Å². The van der Waals surface area contributed by atoms with Gasteiger partial charge in [0.05, 0.1) is 12.5 Å². The molecule has 0 atom stereocenters. The quantitative estimate of drug-likeness (QED) is 0.755. The molecule has 82 valence electrons. The summed E-state index contributed by atoms with van der Waals surface area (Å²) >= 11 is 0. The maximum Gasteiger partial charge on any atom is 0.253 e. The maximum atomic E-state index is 12.0. The van der Waals surface area contributed by atoms with E-state index in [0.717, 1.165) is 31.5 Å². The third-order valence-corrected chi connectivity index (χ3v) is 2.85. The first-order valence-corrected chi connectivity index (χ1v) is 5.56. The lowest BCUT2D eigenvalue weighted by atomic mass is 10.1. The van der Waals surface area contributed by atoms with Crippen molar-refractivity contribution in [2.24, 2.45) is 0 Å². The number of nitriles is 1. The molecule has 0 radical (unpaired) electrons. The summed E-state index contributed by atoms with van der Waals surface area (Å²) in [6.07, 6.45) is 2.56. The average Bonchev–Trinajstić information content (AvgIpc) is 2.82. The molecular weight excluding hydrogens is 200 g/mol. The maximum absolute atomic E-state index is 12.0. The first kappa shape index (κ1) is 10.7. The van der Waals surface area contributed by atoms with Gasteiger partial charge >= 0.3 is 0 Å². The van der Waals surface area contributed by atoms with E-state index in [0.29, 0.717) is 12.0 Å². The highest BCUT2D eigenvalue weighted by Crippen LogP contribution is 2.14. The lowest BCUT2D eigenvalue weighted by Crippen LogP contribution is -2.27. The van der Waals surface area contributed by atoms with Crippen LogP contribution in [-0.4, -0.2) is 23.9 Å². The van der Waals surface area contributed by atoms with Crippen molar-refractivity contribution >= 4 is 5.91 Å².